The normalized spacial score (nSPS) is 17.4. The summed E-state index contributed by atoms with van der Waals surface area (Å²) in [6.07, 6.45) is 5.77. The van der Waals surface area contributed by atoms with Crippen molar-refractivity contribution in [1.82, 2.24) is 9.99 Å². The summed E-state index contributed by atoms with van der Waals surface area (Å²) in [6, 6.07) is 11.6. The van der Waals surface area contributed by atoms with Crippen molar-refractivity contribution < 1.29 is 4.79 Å². The Kier molecular flexibility index (Phi) is 3.29. The molecule has 0 radical (unpaired) electrons. The molecule has 1 amide bonds. The third-order valence-corrected chi connectivity index (χ3v) is 3.49. The zero-order valence-electron chi connectivity index (χ0n) is 11.2. The number of amides is 1. The van der Waals surface area contributed by atoms with Crippen LogP contribution in [0.25, 0.3) is 0 Å². The summed E-state index contributed by atoms with van der Waals surface area (Å²) in [5, 5.41) is 5.80. The minimum Gasteiger partial charge on any atom is -0.267 e. The fraction of sp³-hybridized carbons (Fsp3) is 0.188. The van der Waals surface area contributed by atoms with Crippen molar-refractivity contribution in [2.75, 3.05) is 0 Å². The molecule has 2 heterocycles. The van der Waals surface area contributed by atoms with Crippen LogP contribution in [0.4, 0.5) is 0 Å². The van der Waals surface area contributed by atoms with Crippen molar-refractivity contribution in [3.63, 3.8) is 0 Å². The number of aryl methyl sites for hydroxylation is 1. The minimum absolute atomic E-state index is 0.0242. The second-order valence-electron chi connectivity index (χ2n) is 4.80. The van der Waals surface area contributed by atoms with Gasteiger partial charge in [0, 0.05) is 25.0 Å². The molecule has 0 N–H and O–H groups in total. The fourth-order valence-corrected chi connectivity index (χ4v) is 2.45. The summed E-state index contributed by atoms with van der Waals surface area (Å²) >= 11 is 0. The van der Waals surface area contributed by atoms with Crippen molar-refractivity contribution in [3.05, 3.63) is 65.5 Å². The summed E-state index contributed by atoms with van der Waals surface area (Å²) < 4.78 is 0. The molecule has 4 nitrogen and oxygen atoms in total. The van der Waals surface area contributed by atoms with Crippen LogP contribution in [0.3, 0.4) is 0 Å². The quantitative estimate of drug-likeness (QED) is 0.838. The molecule has 0 bridgehead atoms. The van der Waals surface area contributed by atoms with Gasteiger partial charge in [-0.1, -0.05) is 24.3 Å². The van der Waals surface area contributed by atoms with Crippen LogP contribution in [-0.4, -0.2) is 22.1 Å². The molecule has 1 aromatic heterocycles. The van der Waals surface area contributed by atoms with Crippen LogP contribution < -0.4 is 0 Å². The smallest absolute Gasteiger partial charge is 0.267 e. The van der Waals surface area contributed by atoms with Gasteiger partial charge in [-0.25, -0.2) is 5.01 Å². The van der Waals surface area contributed by atoms with Gasteiger partial charge >= 0.3 is 0 Å². The van der Waals surface area contributed by atoms with Crippen LogP contribution in [0.15, 0.2) is 53.9 Å². The number of hydrogen-bond donors (Lipinski definition) is 0. The number of aromatic nitrogens is 1. The second-order valence-corrected chi connectivity index (χ2v) is 4.80. The lowest BCUT2D eigenvalue weighted by Crippen LogP contribution is -2.27. The van der Waals surface area contributed by atoms with E-state index in [2.05, 4.69) is 29.1 Å². The van der Waals surface area contributed by atoms with Gasteiger partial charge in [0.15, 0.2) is 0 Å². The Morgan fingerprint density at radius 2 is 2.10 bits per heavy atom. The van der Waals surface area contributed by atoms with Crippen molar-refractivity contribution in [3.8, 4) is 0 Å². The molecule has 1 atom stereocenters. The van der Waals surface area contributed by atoms with Gasteiger partial charge in [0.05, 0.1) is 11.6 Å². The lowest BCUT2D eigenvalue weighted by Gasteiger charge is -2.23. The molecular weight excluding hydrogens is 250 g/mol. The second kappa shape index (κ2) is 5.25. The molecule has 0 fully saturated rings. The standard InChI is InChI=1S/C16H15N3O/c1-12-5-2-3-7-14(12)15-8-10-18-19(15)16(20)13-6-4-9-17-11-13/h2-7,9-11,15H,8H2,1H3. The van der Waals surface area contributed by atoms with Crippen molar-refractivity contribution in [1.29, 1.82) is 0 Å². The maximum Gasteiger partial charge on any atom is 0.276 e. The van der Waals surface area contributed by atoms with Crippen molar-refractivity contribution in [2.45, 2.75) is 19.4 Å². The Labute approximate surface area is 117 Å². The minimum atomic E-state index is -0.111. The summed E-state index contributed by atoms with van der Waals surface area (Å²) in [4.78, 5) is 16.5. The van der Waals surface area contributed by atoms with E-state index in [1.165, 1.54) is 5.56 Å². The highest BCUT2D eigenvalue weighted by atomic mass is 16.2. The molecule has 4 heteroatoms. The third kappa shape index (κ3) is 2.20. The molecule has 100 valence electrons. The average molecular weight is 265 g/mol. The topological polar surface area (TPSA) is 45.6 Å². The number of rotatable bonds is 2. The van der Waals surface area contributed by atoms with Crippen LogP contribution in [0.1, 0.15) is 33.9 Å². The summed E-state index contributed by atoms with van der Waals surface area (Å²) in [5.74, 6) is -0.111. The molecule has 3 rings (SSSR count). The van der Waals surface area contributed by atoms with E-state index < -0.39 is 0 Å². The van der Waals surface area contributed by atoms with Crippen molar-refractivity contribution in [2.24, 2.45) is 5.10 Å². The van der Waals surface area contributed by atoms with E-state index in [9.17, 15) is 4.79 Å². The first-order valence-electron chi connectivity index (χ1n) is 6.59. The van der Waals surface area contributed by atoms with Gasteiger partial charge in [0.25, 0.3) is 5.91 Å². The lowest BCUT2D eigenvalue weighted by molar-refractivity contribution is 0.0710. The van der Waals surface area contributed by atoms with Gasteiger partial charge in [0.1, 0.15) is 0 Å². The van der Waals surface area contributed by atoms with Crippen molar-refractivity contribution >= 4 is 12.1 Å². The van der Waals surface area contributed by atoms with Gasteiger partial charge in [-0.2, -0.15) is 5.10 Å². The fourth-order valence-electron chi connectivity index (χ4n) is 2.45. The Balaban J connectivity index is 1.92. The van der Waals surface area contributed by atoms with Gasteiger partial charge in [0.2, 0.25) is 0 Å². The van der Waals surface area contributed by atoms with Gasteiger partial charge in [-0.15, -0.1) is 0 Å². The third-order valence-electron chi connectivity index (χ3n) is 3.49. The monoisotopic (exact) mass is 265 g/mol. The SMILES string of the molecule is Cc1ccccc1C1CC=NN1C(=O)c1cccnc1. The molecule has 0 spiro atoms. The summed E-state index contributed by atoms with van der Waals surface area (Å²) in [6.45, 7) is 2.06. The van der Waals surface area contributed by atoms with Crippen LogP contribution in [0.2, 0.25) is 0 Å². The van der Waals surface area contributed by atoms with Crippen LogP contribution in [0, 0.1) is 6.92 Å². The molecule has 1 aromatic carbocycles. The van der Waals surface area contributed by atoms with E-state index in [1.54, 1.807) is 35.7 Å². The number of hydrazone groups is 1. The number of hydrogen-bond acceptors (Lipinski definition) is 3. The Hall–Kier alpha value is -2.49. The highest BCUT2D eigenvalue weighted by Gasteiger charge is 2.29. The molecule has 1 unspecified atom stereocenters. The summed E-state index contributed by atoms with van der Waals surface area (Å²) in [7, 11) is 0. The Bertz CT molecular complexity index is 652. The van der Waals surface area contributed by atoms with E-state index in [1.807, 2.05) is 12.1 Å². The Morgan fingerprint density at radius 1 is 1.25 bits per heavy atom. The average Bonchev–Trinajstić information content (AvgIpc) is 2.97. The van der Waals surface area contributed by atoms with Crippen LogP contribution in [-0.2, 0) is 0 Å². The summed E-state index contributed by atoms with van der Waals surface area (Å²) in [5.41, 5.74) is 2.87. The van der Waals surface area contributed by atoms with Crippen LogP contribution in [0.5, 0.6) is 0 Å². The zero-order valence-corrected chi connectivity index (χ0v) is 11.2. The highest BCUT2D eigenvalue weighted by Crippen LogP contribution is 2.31. The molecule has 0 aliphatic carbocycles. The van der Waals surface area contributed by atoms with E-state index in [0.29, 0.717) is 5.56 Å². The van der Waals surface area contributed by atoms with Gasteiger partial charge < -0.3 is 0 Å². The zero-order chi connectivity index (χ0) is 13.9. The molecule has 1 aliphatic rings. The predicted octanol–water partition coefficient (Wildman–Crippen LogP) is 2.96. The molecule has 20 heavy (non-hydrogen) atoms. The largest absolute Gasteiger partial charge is 0.276 e. The van der Waals surface area contributed by atoms with E-state index in [4.69, 9.17) is 0 Å². The van der Waals surface area contributed by atoms with Gasteiger partial charge in [-0.05, 0) is 30.2 Å². The first kappa shape index (κ1) is 12.5. The van der Waals surface area contributed by atoms with E-state index in [0.717, 1.165) is 12.0 Å². The van der Waals surface area contributed by atoms with E-state index >= 15 is 0 Å². The molecule has 1 aliphatic heterocycles. The molecular formula is C16H15N3O. The number of carbonyl (C=O) groups is 1. The Morgan fingerprint density at radius 3 is 2.85 bits per heavy atom. The van der Waals surface area contributed by atoms with E-state index in [-0.39, 0.29) is 11.9 Å². The number of carbonyl (C=O) groups excluding carboxylic acids is 1. The lowest BCUT2D eigenvalue weighted by atomic mass is 9.99. The maximum atomic E-state index is 12.5. The predicted molar refractivity (Wildman–Crippen MR) is 77.4 cm³/mol. The first-order valence-corrected chi connectivity index (χ1v) is 6.59. The molecule has 0 saturated heterocycles. The van der Waals surface area contributed by atoms with Gasteiger partial charge in [-0.3, -0.25) is 9.78 Å². The van der Waals surface area contributed by atoms with Crippen LogP contribution >= 0.6 is 0 Å². The maximum absolute atomic E-state index is 12.5. The number of nitrogens with zero attached hydrogens (tertiary/aromatic N) is 3. The number of benzene rings is 1. The first-order chi connectivity index (χ1) is 9.77. The molecule has 2 aromatic rings. The molecule has 0 saturated carbocycles. The highest BCUT2D eigenvalue weighted by molar-refractivity contribution is 5.95. The number of pyridine rings is 1.